The first kappa shape index (κ1) is 125. The van der Waals surface area contributed by atoms with Crippen LogP contribution in [0.5, 0.6) is 0 Å². The normalized spacial score (nSPS) is 8.42. The van der Waals surface area contributed by atoms with Crippen LogP contribution in [0.3, 0.4) is 0 Å². The van der Waals surface area contributed by atoms with Gasteiger partial charge in [-0.05, 0) is 216 Å². The molecule has 120 heavy (non-hydrogen) atoms. The number of aryl methyl sites for hydroxylation is 16. The zero-order valence-electron chi connectivity index (χ0n) is 85.0. The molecule has 13 aromatic rings. The molecule has 0 fully saturated rings. The van der Waals surface area contributed by atoms with E-state index in [9.17, 15) is 0 Å². The summed E-state index contributed by atoms with van der Waals surface area (Å²) >= 11 is 0. The van der Waals surface area contributed by atoms with Gasteiger partial charge in [0, 0.05) is 0 Å². The van der Waals surface area contributed by atoms with Crippen LogP contribution in [0.1, 0.15) is 269 Å². The van der Waals surface area contributed by atoms with Gasteiger partial charge in [0.2, 0.25) is 0 Å². The van der Waals surface area contributed by atoms with Gasteiger partial charge in [0.1, 0.15) is 0 Å². The lowest BCUT2D eigenvalue weighted by Crippen LogP contribution is -1.85. The van der Waals surface area contributed by atoms with Crippen LogP contribution in [0, 0.1) is 111 Å². The molecule has 0 N–H and O–H groups in total. The predicted molar refractivity (Wildman–Crippen MR) is 562 cm³/mol. The highest BCUT2D eigenvalue weighted by Crippen LogP contribution is 2.29. The van der Waals surface area contributed by atoms with E-state index in [0.717, 1.165) is 0 Å². The SMILES string of the molecule is CC.CC.CC.CC.CC.CC.CC.CC.CC.CC.CC.CC.CC.Cc1ccc(-c2ccccc2C)cc1.Cc1ccc(C)cc1.Cc1cccc(-c2ccccc2C)c1.Cc1cccc(-c2ccccc2C)c1.Cc1cccc(C)c1.Cc1ccccc1-c1ccccc1C.Cc1ccccc1-c1ccccc1C.Cc1ccccc1C. The molecule has 0 unspecified atom stereocenters. The van der Waals surface area contributed by atoms with E-state index in [0.29, 0.717) is 0 Å². The second kappa shape index (κ2) is 88.2. The van der Waals surface area contributed by atoms with Gasteiger partial charge in [-0.25, -0.2) is 0 Å². The maximum Gasteiger partial charge on any atom is -0.0152 e. The Labute approximate surface area is 746 Å². The molecule has 0 aromatic heterocycles. The molecule has 0 spiro atoms. The highest BCUT2D eigenvalue weighted by Gasteiger charge is 2.06. The van der Waals surface area contributed by atoms with Crippen molar-refractivity contribution in [1.82, 2.24) is 0 Å². The first-order valence-corrected chi connectivity index (χ1v) is 46.0. The number of benzene rings is 13. The van der Waals surface area contributed by atoms with Crippen LogP contribution < -0.4 is 0 Å². The molecule has 0 bridgehead atoms. The van der Waals surface area contributed by atoms with E-state index in [1.807, 2.05) is 180 Å². The molecule has 0 saturated heterocycles. The summed E-state index contributed by atoms with van der Waals surface area (Å²) in [6, 6.07) is 111. The zero-order chi connectivity index (χ0) is 93.8. The fraction of sp³-hybridized carbons (Fsp3) is 0.350. The van der Waals surface area contributed by atoms with Crippen molar-refractivity contribution in [1.29, 1.82) is 0 Å². The minimum absolute atomic E-state index is 1.30. The van der Waals surface area contributed by atoms with Crippen LogP contribution in [-0.4, -0.2) is 0 Å². The molecule has 0 aliphatic carbocycles. The molecule has 0 saturated carbocycles. The number of hydrogen-bond donors (Lipinski definition) is 0. The molecule has 658 valence electrons. The summed E-state index contributed by atoms with van der Waals surface area (Å²) in [5, 5.41) is 0. The van der Waals surface area contributed by atoms with Crippen LogP contribution in [0.15, 0.2) is 315 Å². The first-order valence-electron chi connectivity index (χ1n) is 46.0. The van der Waals surface area contributed by atoms with Crippen molar-refractivity contribution in [2.75, 3.05) is 0 Å². The van der Waals surface area contributed by atoms with Gasteiger partial charge in [-0.15, -0.1) is 0 Å². The third kappa shape index (κ3) is 56.3. The highest BCUT2D eigenvalue weighted by atomic mass is 14.1. The Bertz CT molecular complexity index is 4040. The van der Waals surface area contributed by atoms with E-state index in [1.54, 1.807) is 0 Å². The van der Waals surface area contributed by atoms with Gasteiger partial charge in [0.05, 0.1) is 0 Å². The Morgan fingerprint density at radius 3 is 0.417 bits per heavy atom. The summed E-state index contributed by atoms with van der Waals surface area (Å²) in [6.07, 6.45) is 0. The lowest BCUT2D eigenvalue weighted by Gasteiger charge is -2.08. The van der Waals surface area contributed by atoms with E-state index in [-0.39, 0.29) is 0 Å². The summed E-state index contributed by atoms with van der Waals surface area (Å²) in [5.41, 5.74) is 34.6. The molecule has 13 rings (SSSR count). The Morgan fingerprint density at radius 2 is 0.250 bits per heavy atom. The van der Waals surface area contributed by atoms with Crippen molar-refractivity contribution in [3.63, 3.8) is 0 Å². The van der Waals surface area contributed by atoms with Crippen molar-refractivity contribution in [2.24, 2.45) is 0 Å². The quantitative estimate of drug-likeness (QED) is 0.161. The van der Waals surface area contributed by atoms with Gasteiger partial charge in [-0.3, -0.25) is 0 Å². The summed E-state index contributed by atoms with van der Waals surface area (Å²) in [4.78, 5) is 0. The van der Waals surface area contributed by atoms with Gasteiger partial charge in [-0.1, -0.05) is 534 Å². The Hall–Kier alpha value is -10.1. The second-order valence-electron chi connectivity index (χ2n) is 24.7. The van der Waals surface area contributed by atoms with E-state index in [1.165, 1.54) is 145 Å². The van der Waals surface area contributed by atoms with Crippen LogP contribution >= 0.6 is 0 Å². The van der Waals surface area contributed by atoms with Crippen LogP contribution in [0.2, 0.25) is 0 Å². The van der Waals surface area contributed by atoms with Crippen LogP contribution in [0.25, 0.3) is 55.6 Å². The van der Waals surface area contributed by atoms with E-state index >= 15 is 0 Å². The Balaban J connectivity index is -0.000000193. The van der Waals surface area contributed by atoms with Crippen molar-refractivity contribution < 1.29 is 0 Å². The fourth-order valence-corrected chi connectivity index (χ4v) is 10.7. The fourth-order valence-electron chi connectivity index (χ4n) is 10.7. The van der Waals surface area contributed by atoms with Crippen LogP contribution in [0.4, 0.5) is 0 Å². The molecule has 0 amide bonds. The predicted octanol–water partition coefficient (Wildman–Crippen LogP) is 40.1. The second-order valence-corrected chi connectivity index (χ2v) is 24.7. The highest BCUT2D eigenvalue weighted by molar-refractivity contribution is 5.72. The van der Waals surface area contributed by atoms with E-state index in [4.69, 9.17) is 0 Å². The largest absolute Gasteiger partial charge is 0.0683 e. The third-order valence-electron chi connectivity index (χ3n) is 16.4. The molecule has 0 heteroatoms. The van der Waals surface area contributed by atoms with Gasteiger partial charge in [0.25, 0.3) is 0 Å². The standard InChI is InChI=1S/5C14H14.3C8H10.13C2H6/c2*1-11-7-3-5-9-13(11)14-10-6-4-8-12(14)2;2*1-11-6-5-8-13(10-11)14-9-4-3-7-12(14)2;1-11-7-9-13(10-8-11)14-6-4-3-5-12(14)2;1-7-3-5-8(2)6-4-7;1-7-4-3-5-8(2)6-7;1-7-5-3-4-6-8(7)2;13*1-2/h5*3-10H,1-2H3;3*3-6H,1-2H3;13*1-2H3. The maximum atomic E-state index is 2.22. The molecule has 0 atom stereocenters. The van der Waals surface area contributed by atoms with Gasteiger partial charge < -0.3 is 0 Å². The lowest BCUT2D eigenvalue weighted by molar-refractivity contribution is 1.34. The summed E-state index contributed by atoms with van der Waals surface area (Å²) in [6.45, 7) is 86.1. The van der Waals surface area contributed by atoms with Crippen molar-refractivity contribution in [2.45, 2.75) is 291 Å². The monoisotopic (exact) mass is 1620 g/mol. The lowest BCUT2D eigenvalue weighted by atomic mass is 9.97. The molecule has 0 heterocycles. The zero-order valence-corrected chi connectivity index (χ0v) is 85.0. The smallest absolute Gasteiger partial charge is 0.0152 e. The summed E-state index contributed by atoms with van der Waals surface area (Å²) in [7, 11) is 0. The molecule has 13 aromatic carbocycles. The van der Waals surface area contributed by atoms with E-state index in [2.05, 4.69) is 426 Å². The van der Waals surface area contributed by atoms with Gasteiger partial charge >= 0.3 is 0 Å². The van der Waals surface area contributed by atoms with Crippen molar-refractivity contribution in [3.8, 4) is 55.6 Å². The molecule has 0 nitrogen and oxygen atoms in total. The number of rotatable bonds is 5. The summed E-state index contributed by atoms with van der Waals surface area (Å²) < 4.78 is 0. The average Bonchev–Trinajstić information content (AvgIpc) is 0.568. The minimum atomic E-state index is 1.30. The topological polar surface area (TPSA) is 0 Å². The molecule has 0 aliphatic rings. The van der Waals surface area contributed by atoms with Crippen molar-refractivity contribution >= 4 is 0 Å². The molecular formula is C120H178. The summed E-state index contributed by atoms with van der Waals surface area (Å²) in [5.74, 6) is 0. The van der Waals surface area contributed by atoms with Gasteiger partial charge in [0.15, 0.2) is 0 Å². The minimum Gasteiger partial charge on any atom is -0.0683 e. The number of hydrogen-bond acceptors (Lipinski definition) is 0. The third-order valence-corrected chi connectivity index (χ3v) is 16.4. The average molecular weight is 1620 g/mol. The molecular weight excluding hydrogens is 1440 g/mol. The van der Waals surface area contributed by atoms with Crippen LogP contribution in [-0.2, 0) is 0 Å². The Kier molecular flexibility index (Phi) is 92.2. The molecule has 0 radical (unpaired) electrons. The maximum absolute atomic E-state index is 2.22. The van der Waals surface area contributed by atoms with Gasteiger partial charge in [-0.2, -0.15) is 0 Å². The Morgan fingerprint density at radius 1 is 0.100 bits per heavy atom. The first-order chi connectivity index (χ1) is 58.3. The van der Waals surface area contributed by atoms with Crippen molar-refractivity contribution in [3.05, 3.63) is 404 Å². The van der Waals surface area contributed by atoms with E-state index < -0.39 is 0 Å². The molecule has 0 aliphatic heterocycles.